The molecule has 0 saturated carbocycles. The fourth-order valence-corrected chi connectivity index (χ4v) is 2.74. The second kappa shape index (κ2) is 3.99. The molecular weight excluding hydrogens is 196 g/mol. The van der Waals surface area contributed by atoms with Crippen LogP contribution in [0.3, 0.4) is 0 Å². The van der Waals surface area contributed by atoms with Crippen molar-refractivity contribution in [3.63, 3.8) is 0 Å². The molecule has 2 aromatic rings. The highest BCUT2D eigenvalue weighted by molar-refractivity contribution is 8.00. The standard InChI is InChI=1S/C11H10S2/c1-12-11-8-7-10(13-11)9-5-3-2-4-6-9/h2-8H,1H3. The van der Waals surface area contributed by atoms with Gasteiger partial charge in [-0.25, -0.2) is 0 Å². The monoisotopic (exact) mass is 206 g/mol. The van der Waals surface area contributed by atoms with Crippen LogP contribution in [-0.4, -0.2) is 6.26 Å². The molecule has 13 heavy (non-hydrogen) atoms. The third-order valence-electron chi connectivity index (χ3n) is 1.84. The molecule has 0 unspecified atom stereocenters. The van der Waals surface area contributed by atoms with Crippen LogP contribution in [0.1, 0.15) is 0 Å². The molecular formula is C11H10S2. The lowest BCUT2D eigenvalue weighted by atomic mass is 10.2. The molecule has 1 aromatic carbocycles. The first-order chi connectivity index (χ1) is 6.40. The number of benzene rings is 1. The zero-order valence-electron chi connectivity index (χ0n) is 7.36. The molecule has 0 aliphatic carbocycles. The Hall–Kier alpha value is -0.730. The van der Waals surface area contributed by atoms with Crippen molar-refractivity contribution in [2.75, 3.05) is 6.26 Å². The summed E-state index contributed by atoms with van der Waals surface area (Å²) in [6.07, 6.45) is 2.11. The number of hydrogen-bond donors (Lipinski definition) is 0. The van der Waals surface area contributed by atoms with Crippen LogP contribution in [-0.2, 0) is 0 Å². The molecule has 0 bridgehead atoms. The van der Waals surface area contributed by atoms with Gasteiger partial charge in [0.2, 0.25) is 0 Å². The molecule has 2 rings (SSSR count). The summed E-state index contributed by atoms with van der Waals surface area (Å²) in [5.41, 5.74) is 1.31. The minimum Gasteiger partial charge on any atom is -0.129 e. The Balaban J connectivity index is 2.36. The van der Waals surface area contributed by atoms with Gasteiger partial charge in [0.15, 0.2) is 0 Å². The van der Waals surface area contributed by atoms with E-state index in [1.165, 1.54) is 14.6 Å². The van der Waals surface area contributed by atoms with Gasteiger partial charge >= 0.3 is 0 Å². The van der Waals surface area contributed by atoms with Crippen LogP contribution in [0.15, 0.2) is 46.7 Å². The Kier molecular flexibility index (Phi) is 2.71. The number of thioether (sulfide) groups is 1. The van der Waals surface area contributed by atoms with Crippen LogP contribution in [0, 0.1) is 0 Å². The van der Waals surface area contributed by atoms with Crippen molar-refractivity contribution in [3.05, 3.63) is 42.5 Å². The van der Waals surface area contributed by atoms with Crippen molar-refractivity contribution in [1.29, 1.82) is 0 Å². The minimum absolute atomic E-state index is 1.31. The molecule has 0 aliphatic heterocycles. The van der Waals surface area contributed by atoms with E-state index in [1.807, 2.05) is 17.4 Å². The van der Waals surface area contributed by atoms with Gasteiger partial charge in [0, 0.05) is 4.88 Å². The van der Waals surface area contributed by atoms with E-state index in [0.29, 0.717) is 0 Å². The summed E-state index contributed by atoms with van der Waals surface area (Å²) in [6, 6.07) is 14.9. The van der Waals surface area contributed by atoms with Crippen LogP contribution in [0.25, 0.3) is 10.4 Å². The maximum atomic E-state index is 2.19. The van der Waals surface area contributed by atoms with Crippen molar-refractivity contribution in [2.45, 2.75) is 4.21 Å². The van der Waals surface area contributed by atoms with Gasteiger partial charge in [-0.05, 0) is 24.0 Å². The lowest BCUT2D eigenvalue weighted by molar-refractivity contribution is 1.69. The molecule has 66 valence electrons. The first-order valence-electron chi connectivity index (χ1n) is 4.09. The third-order valence-corrected chi connectivity index (χ3v) is 4.06. The van der Waals surface area contributed by atoms with E-state index in [0.717, 1.165) is 0 Å². The Labute approximate surface area is 86.6 Å². The van der Waals surface area contributed by atoms with Gasteiger partial charge in [0.25, 0.3) is 0 Å². The molecule has 0 atom stereocenters. The van der Waals surface area contributed by atoms with E-state index in [9.17, 15) is 0 Å². The fraction of sp³-hybridized carbons (Fsp3) is 0.0909. The normalized spacial score (nSPS) is 10.2. The first kappa shape index (κ1) is 8.85. The second-order valence-electron chi connectivity index (χ2n) is 2.69. The zero-order chi connectivity index (χ0) is 9.10. The van der Waals surface area contributed by atoms with E-state index in [-0.39, 0.29) is 0 Å². The summed E-state index contributed by atoms with van der Waals surface area (Å²) in [6.45, 7) is 0. The topological polar surface area (TPSA) is 0 Å². The Bertz CT molecular complexity index is 376. The van der Waals surface area contributed by atoms with E-state index < -0.39 is 0 Å². The van der Waals surface area contributed by atoms with E-state index in [4.69, 9.17) is 0 Å². The quantitative estimate of drug-likeness (QED) is 0.665. The maximum Gasteiger partial charge on any atom is 0.0602 e. The highest BCUT2D eigenvalue weighted by atomic mass is 32.2. The SMILES string of the molecule is CSc1ccc(-c2ccccc2)s1. The molecule has 0 saturated heterocycles. The highest BCUT2D eigenvalue weighted by Gasteiger charge is 2.00. The zero-order valence-corrected chi connectivity index (χ0v) is 8.99. The average Bonchev–Trinajstić information content (AvgIpc) is 2.67. The molecule has 0 amide bonds. The van der Waals surface area contributed by atoms with E-state index in [2.05, 4.69) is 42.7 Å². The van der Waals surface area contributed by atoms with Gasteiger partial charge in [-0.2, -0.15) is 0 Å². The van der Waals surface area contributed by atoms with Gasteiger partial charge < -0.3 is 0 Å². The van der Waals surface area contributed by atoms with E-state index >= 15 is 0 Å². The van der Waals surface area contributed by atoms with Gasteiger partial charge in [0.1, 0.15) is 0 Å². The predicted octanol–water partition coefficient (Wildman–Crippen LogP) is 4.14. The van der Waals surface area contributed by atoms with Crippen LogP contribution in [0.2, 0.25) is 0 Å². The summed E-state index contributed by atoms with van der Waals surface area (Å²) in [5, 5.41) is 0. The van der Waals surface area contributed by atoms with Crippen LogP contribution in [0.4, 0.5) is 0 Å². The summed E-state index contributed by atoms with van der Waals surface area (Å²) < 4.78 is 1.37. The number of rotatable bonds is 2. The van der Waals surface area contributed by atoms with Crippen molar-refractivity contribution in [2.24, 2.45) is 0 Å². The van der Waals surface area contributed by atoms with Crippen molar-refractivity contribution in [3.8, 4) is 10.4 Å². The van der Waals surface area contributed by atoms with Crippen molar-refractivity contribution in [1.82, 2.24) is 0 Å². The lowest BCUT2D eigenvalue weighted by Gasteiger charge is -1.94. The average molecular weight is 206 g/mol. The van der Waals surface area contributed by atoms with Gasteiger partial charge in [-0.3, -0.25) is 0 Å². The van der Waals surface area contributed by atoms with E-state index in [1.54, 1.807) is 11.8 Å². The molecule has 1 aromatic heterocycles. The highest BCUT2D eigenvalue weighted by Crippen LogP contribution is 2.32. The van der Waals surface area contributed by atoms with Gasteiger partial charge in [-0.1, -0.05) is 30.3 Å². The Morgan fingerprint density at radius 1 is 1.00 bits per heavy atom. The summed E-state index contributed by atoms with van der Waals surface area (Å²) in [7, 11) is 0. The van der Waals surface area contributed by atoms with Crippen LogP contribution >= 0.6 is 23.1 Å². The van der Waals surface area contributed by atoms with Gasteiger partial charge in [0.05, 0.1) is 4.21 Å². The largest absolute Gasteiger partial charge is 0.129 e. The summed E-state index contributed by atoms with van der Waals surface area (Å²) >= 11 is 3.65. The second-order valence-corrected chi connectivity index (χ2v) is 4.88. The van der Waals surface area contributed by atoms with Crippen LogP contribution < -0.4 is 0 Å². The fourth-order valence-electron chi connectivity index (χ4n) is 1.19. The summed E-state index contributed by atoms with van der Waals surface area (Å²) in [5.74, 6) is 0. The van der Waals surface area contributed by atoms with Crippen molar-refractivity contribution >= 4 is 23.1 Å². The number of thiophene rings is 1. The lowest BCUT2D eigenvalue weighted by Crippen LogP contribution is -1.67. The molecule has 0 aliphatic rings. The first-order valence-corrected chi connectivity index (χ1v) is 6.13. The smallest absolute Gasteiger partial charge is 0.0602 e. The minimum atomic E-state index is 1.31. The Morgan fingerprint density at radius 3 is 2.38 bits per heavy atom. The number of hydrogen-bond acceptors (Lipinski definition) is 2. The van der Waals surface area contributed by atoms with Gasteiger partial charge in [-0.15, -0.1) is 23.1 Å². The molecule has 0 fully saturated rings. The molecule has 2 heteroatoms. The van der Waals surface area contributed by atoms with Crippen molar-refractivity contribution < 1.29 is 0 Å². The molecule has 0 radical (unpaired) electrons. The Morgan fingerprint density at radius 2 is 1.77 bits per heavy atom. The molecule has 0 N–H and O–H groups in total. The maximum absolute atomic E-state index is 2.19. The molecule has 1 heterocycles. The molecule has 0 spiro atoms. The summed E-state index contributed by atoms with van der Waals surface area (Å²) in [4.78, 5) is 1.35. The third kappa shape index (κ3) is 1.95. The molecule has 0 nitrogen and oxygen atoms in total. The predicted molar refractivity (Wildman–Crippen MR) is 61.5 cm³/mol. The van der Waals surface area contributed by atoms with Crippen LogP contribution in [0.5, 0.6) is 0 Å².